The van der Waals surface area contributed by atoms with Crippen LogP contribution in [0.1, 0.15) is 12.5 Å². The average Bonchev–Trinajstić information content (AvgIpc) is 2.08. The Bertz CT molecular complexity index is 208. The summed E-state index contributed by atoms with van der Waals surface area (Å²) in [4.78, 5) is 0. The van der Waals surface area contributed by atoms with Gasteiger partial charge in [0.1, 0.15) is 0 Å². The molecule has 1 N–H and O–H groups in total. The molecule has 1 heteroatoms. The molecule has 1 nitrogen and oxygen atoms in total. The summed E-state index contributed by atoms with van der Waals surface area (Å²) in [5.74, 6) is 2.53. The molecule has 0 radical (unpaired) electrons. The number of rotatable bonds is 0. The van der Waals surface area contributed by atoms with Crippen molar-refractivity contribution in [1.29, 1.82) is 0 Å². The summed E-state index contributed by atoms with van der Waals surface area (Å²) in [6.45, 7) is 1.93. The van der Waals surface area contributed by atoms with E-state index in [0.717, 1.165) is 5.56 Å². The first-order valence-electron chi connectivity index (χ1n) is 3.47. The summed E-state index contributed by atoms with van der Waals surface area (Å²) in [6.07, 6.45) is 5.10. The highest BCUT2D eigenvalue weighted by atomic mass is 16.2. The summed E-state index contributed by atoms with van der Waals surface area (Å²) in [7, 11) is 0. The predicted molar refractivity (Wildman–Crippen MR) is 47.1 cm³/mol. The second-order valence-corrected chi connectivity index (χ2v) is 1.83. The summed E-state index contributed by atoms with van der Waals surface area (Å²) >= 11 is 0. The quantitative estimate of drug-likeness (QED) is 0.555. The summed E-state index contributed by atoms with van der Waals surface area (Å²) < 4.78 is 0. The molecule has 1 aromatic carbocycles. The third-order valence-electron chi connectivity index (χ3n) is 0.940. The van der Waals surface area contributed by atoms with Crippen molar-refractivity contribution in [3.8, 4) is 12.3 Å². The van der Waals surface area contributed by atoms with Gasteiger partial charge in [-0.15, -0.1) is 6.42 Å². The van der Waals surface area contributed by atoms with E-state index >= 15 is 0 Å². The number of hydrogen-bond donors (Lipinski definition) is 1. The highest BCUT2D eigenvalue weighted by Gasteiger charge is 1.76. The maximum atomic E-state index is 7.57. The maximum Gasteiger partial charge on any atom is 0.0402 e. The van der Waals surface area contributed by atoms with Crippen molar-refractivity contribution in [2.24, 2.45) is 0 Å². The van der Waals surface area contributed by atoms with Crippen LogP contribution in [0.15, 0.2) is 30.3 Å². The molecule has 0 saturated carbocycles. The molecular formula is C10H12O. The first-order chi connectivity index (χ1) is 5.35. The van der Waals surface area contributed by atoms with Gasteiger partial charge in [-0.05, 0) is 19.1 Å². The number of benzene rings is 1. The zero-order valence-corrected chi connectivity index (χ0v) is 6.62. The molecule has 0 atom stereocenters. The van der Waals surface area contributed by atoms with Crippen LogP contribution >= 0.6 is 0 Å². The molecule has 0 aliphatic rings. The number of terminal acetylenes is 1. The Balaban J connectivity index is 0.000000292. The van der Waals surface area contributed by atoms with Crippen molar-refractivity contribution >= 4 is 0 Å². The summed E-state index contributed by atoms with van der Waals surface area (Å²) in [5, 5.41) is 7.57. The zero-order chi connectivity index (χ0) is 8.53. The fourth-order valence-electron chi connectivity index (χ4n) is 0.534. The Hall–Kier alpha value is -1.26. The molecular weight excluding hydrogens is 136 g/mol. The Labute approximate surface area is 67.7 Å². The normalized spacial score (nSPS) is 7.36. The van der Waals surface area contributed by atoms with Crippen LogP contribution in [0, 0.1) is 12.3 Å². The minimum atomic E-state index is 0.250. The van der Waals surface area contributed by atoms with Gasteiger partial charge in [-0.1, -0.05) is 24.1 Å². The van der Waals surface area contributed by atoms with E-state index in [1.54, 1.807) is 6.92 Å². The maximum absolute atomic E-state index is 7.57. The molecule has 0 spiro atoms. The van der Waals surface area contributed by atoms with Crippen molar-refractivity contribution in [1.82, 2.24) is 0 Å². The van der Waals surface area contributed by atoms with Crippen LogP contribution in [0.3, 0.4) is 0 Å². The minimum Gasteiger partial charge on any atom is -0.397 e. The van der Waals surface area contributed by atoms with Crippen molar-refractivity contribution in [2.45, 2.75) is 6.92 Å². The van der Waals surface area contributed by atoms with Crippen LogP contribution in [-0.4, -0.2) is 11.7 Å². The molecule has 0 aliphatic carbocycles. The topological polar surface area (TPSA) is 20.2 Å². The smallest absolute Gasteiger partial charge is 0.0402 e. The molecule has 0 unspecified atom stereocenters. The van der Waals surface area contributed by atoms with Gasteiger partial charge in [0.15, 0.2) is 0 Å². The molecule has 11 heavy (non-hydrogen) atoms. The number of hydrogen-bond acceptors (Lipinski definition) is 1. The molecule has 0 fully saturated rings. The van der Waals surface area contributed by atoms with Crippen LogP contribution < -0.4 is 0 Å². The van der Waals surface area contributed by atoms with Gasteiger partial charge >= 0.3 is 0 Å². The lowest BCUT2D eigenvalue weighted by atomic mass is 10.2. The molecule has 1 rings (SSSR count). The lowest BCUT2D eigenvalue weighted by Gasteiger charge is -1.82. The fraction of sp³-hybridized carbons (Fsp3) is 0.200. The fourth-order valence-corrected chi connectivity index (χ4v) is 0.534. The van der Waals surface area contributed by atoms with E-state index in [-0.39, 0.29) is 6.61 Å². The highest BCUT2D eigenvalue weighted by Crippen LogP contribution is 1.92. The second-order valence-electron chi connectivity index (χ2n) is 1.83. The first-order valence-corrected chi connectivity index (χ1v) is 3.47. The van der Waals surface area contributed by atoms with Crippen LogP contribution in [0.4, 0.5) is 0 Å². The van der Waals surface area contributed by atoms with Gasteiger partial charge in [0.05, 0.1) is 0 Å². The van der Waals surface area contributed by atoms with E-state index in [1.165, 1.54) is 0 Å². The van der Waals surface area contributed by atoms with Gasteiger partial charge in [0, 0.05) is 12.2 Å². The van der Waals surface area contributed by atoms with E-state index in [1.807, 2.05) is 30.3 Å². The Kier molecular flexibility index (Phi) is 6.07. The van der Waals surface area contributed by atoms with Crippen LogP contribution in [0.25, 0.3) is 0 Å². The standard InChI is InChI=1S/C8H6.C2H6O/c1-2-8-6-4-3-5-7-8;1-2-3/h1,3-7H;3H,2H2,1H3. The van der Waals surface area contributed by atoms with Crippen LogP contribution in [0.2, 0.25) is 0 Å². The van der Waals surface area contributed by atoms with E-state index in [4.69, 9.17) is 11.5 Å². The Morgan fingerprint density at radius 2 is 1.82 bits per heavy atom. The van der Waals surface area contributed by atoms with E-state index < -0.39 is 0 Å². The van der Waals surface area contributed by atoms with Crippen LogP contribution in [-0.2, 0) is 0 Å². The minimum absolute atomic E-state index is 0.250. The number of aliphatic hydroxyl groups is 1. The molecule has 0 bridgehead atoms. The van der Waals surface area contributed by atoms with Gasteiger partial charge in [-0.3, -0.25) is 0 Å². The molecule has 0 heterocycles. The molecule has 0 saturated heterocycles. The molecule has 0 aliphatic heterocycles. The molecule has 0 amide bonds. The van der Waals surface area contributed by atoms with E-state index in [0.29, 0.717) is 0 Å². The van der Waals surface area contributed by atoms with Crippen LogP contribution in [0.5, 0.6) is 0 Å². The van der Waals surface area contributed by atoms with Crippen molar-refractivity contribution in [3.05, 3.63) is 35.9 Å². The highest BCUT2D eigenvalue weighted by molar-refractivity contribution is 5.30. The largest absolute Gasteiger partial charge is 0.397 e. The first kappa shape index (κ1) is 9.74. The summed E-state index contributed by atoms with van der Waals surface area (Å²) in [6, 6.07) is 9.60. The predicted octanol–water partition coefficient (Wildman–Crippen LogP) is 1.67. The molecule has 58 valence electrons. The molecule has 1 aromatic rings. The lowest BCUT2D eigenvalue weighted by molar-refractivity contribution is 0.318. The van der Waals surface area contributed by atoms with Crippen molar-refractivity contribution < 1.29 is 5.11 Å². The van der Waals surface area contributed by atoms with Crippen molar-refractivity contribution in [2.75, 3.05) is 6.61 Å². The van der Waals surface area contributed by atoms with Gasteiger partial charge in [0.2, 0.25) is 0 Å². The second kappa shape index (κ2) is 6.85. The van der Waals surface area contributed by atoms with E-state index in [9.17, 15) is 0 Å². The lowest BCUT2D eigenvalue weighted by Crippen LogP contribution is -1.66. The third-order valence-corrected chi connectivity index (χ3v) is 0.940. The van der Waals surface area contributed by atoms with Crippen molar-refractivity contribution in [3.63, 3.8) is 0 Å². The van der Waals surface area contributed by atoms with Gasteiger partial charge in [-0.2, -0.15) is 0 Å². The van der Waals surface area contributed by atoms with Gasteiger partial charge in [0.25, 0.3) is 0 Å². The zero-order valence-electron chi connectivity index (χ0n) is 6.62. The Morgan fingerprint density at radius 1 is 1.36 bits per heavy atom. The average molecular weight is 148 g/mol. The summed E-state index contributed by atoms with van der Waals surface area (Å²) in [5.41, 5.74) is 0.938. The molecule has 0 aromatic heterocycles. The van der Waals surface area contributed by atoms with Gasteiger partial charge in [-0.25, -0.2) is 0 Å². The van der Waals surface area contributed by atoms with Gasteiger partial charge < -0.3 is 5.11 Å². The third kappa shape index (κ3) is 5.20. The SMILES string of the molecule is C#Cc1ccccc1.CCO. The number of aliphatic hydroxyl groups excluding tert-OH is 1. The van der Waals surface area contributed by atoms with E-state index in [2.05, 4.69) is 5.92 Å². The Morgan fingerprint density at radius 3 is 2.09 bits per heavy atom. The monoisotopic (exact) mass is 148 g/mol.